The Labute approximate surface area is 64.9 Å². The summed E-state index contributed by atoms with van der Waals surface area (Å²) in [5.41, 5.74) is 1.29. The van der Waals surface area contributed by atoms with Gasteiger partial charge in [0.1, 0.15) is 0 Å². The van der Waals surface area contributed by atoms with Crippen molar-refractivity contribution < 1.29 is 0 Å². The second-order valence-electron chi connectivity index (χ2n) is 2.19. The van der Waals surface area contributed by atoms with Gasteiger partial charge in [0.15, 0.2) is 0 Å². The monoisotopic (exact) mass is 148 g/mol. The zero-order chi connectivity index (χ0) is 7.40. The third-order valence-corrected chi connectivity index (χ3v) is 1.87. The van der Waals surface area contributed by atoms with Crippen LogP contribution in [-0.2, 0) is 6.54 Å². The van der Waals surface area contributed by atoms with Gasteiger partial charge in [0.2, 0.25) is 0 Å². The molecule has 0 unspecified atom stereocenters. The molecule has 0 bridgehead atoms. The zero-order valence-corrected chi connectivity index (χ0v) is 7.02. The van der Waals surface area contributed by atoms with Gasteiger partial charge in [-0.2, -0.15) is 0 Å². The molecule has 3 radical (unpaired) electrons. The van der Waals surface area contributed by atoms with Crippen molar-refractivity contribution in [2.75, 3.05) is 7.05 Å². The predicted octanol–water partition coefficient (Wildman–Crippen LogP) is 0.200. The summed E-state index contributed by atoms with van der Waals surface area (Å²) in [7, 11) is 5.45. The SMILES string of the molecule is CNCc1ccccc1[Si]. The first-order valence-corrected chi connectivity index (χ1v) is 3.78. The Morgan fingerprint density at radius 3 is 2.70 bits per heavy atom. The topological polar surface area (TPSA) is 12.0 Å². The molecule has 0 amide bonds. The third-order valence-electron chi connectivity index (χ3n) is 1.38. The van der Waals surface area contributed by atoms with E-state index >= 15 is 0 Å². The second-order valence-corrected chi connectivity index (χ2v) is 2.73. The highest BCUT2D eigenvalue weighted by Gasteiger charge is 1.92. The molecule has 0 saturated heterocycles. The number of nitrogens with one attached hydrogen (secondary N) is 1. The smallest absolute Gasteiger partial charge is 0.0716 e. The van der Waals surface area contributed by atoms with Crippen molar-refractivity contribution in [2.24, 2.45) is 0 Å². The van der Waals surface area contributed by atoms with Crippen molar-refractivity contribution in [1.29, 1.82) is 0 Å². The van der Waals surface area contributed by atoms with Crippen LogP contribution in [0.5, 0.6) is 0 Å². The summed E-state index contributed by atoms with van der Waals surface area (Å²) in [5.74, 6) is 0. The Balaban J connectivity index is 2.81. The Morgan fingerprint density at radius 1 is 1.40 bits per heavy atom. The van der Waals surface area contributed by atoms with E-state index in [1.807, 2.05) is 25.2 Å². The van der Waals surface area contributed by atoms with E-state index < -0.39 is 0 Å². The van der Waals surface area contributed by atoms with E-state index in [4.69, 9.17) is 0 Å². The average Bonchev–Trinajstić information content (AvgIpc) is 1.94. The summed E-state index contributed by atoms with van der Waals surface area (Å²) in [6, 6.07) is 8.19. The lowest BCUT2D eigenvalue weighted by atomic mass is 10.2. The van der Waals surface area contributed by atoms with Gasteiger partial charge in [0.25, 0.3) is 0 Å². The number of hydrogen-bond donors (Lipinski definition) is 1. The molecule has 0 heterocycles. The minimum Gasteiger partial charge on any atom is -0.316 e. The molecule has 1 nitrogen and oxygen atoms in total. The first-order chi connectivity index (χ1) is 4.84. The van der Waals surface area contributed by atoms with Gasteiger partial charge in [0.05, 0.1) is 10.2 Å². The minimum absolute atomic E-state index is 0.916. The molecule has 1 rings (SSSR count). The van der Waals surface area contributed by atoms with Gasteiger partial charge in [-0.25, -0.2) is 0 Å². The first-order valence-electron chi connectivity index (χ1n) is 3.28. The molecule has 10 heavy (non-hydrogen) atoms. The van der Waals surface area contributed by atoms with Gasteiger partial charge in [0, 0.05) is 6.54 Å². The van der Waals surface area contributed by atoms with E-state index in [-0.39, 0.29) is 0 Å². The summed E-state index contributed by atoms with van der Waals surface area (Å²) in [6.07, 6.45) is 0. The maximum Gasteiger partial charge on any atom is 0.0716 e. The van der Waals surface area contributed by atoms with Crippen LogP contribution >= 0.6 is 0 Å². The van der Waals surface area contributed by atoms with Crippen molar-refractivity contribution in [3.63, 3.8) is 0 Å². The lowest BCUT2D eigenvalue weighted by molar-refractivity contribution is 0.822. The van der Waals surface area contributed by atoms with Gasteiger partial charge in [-0.15, -0.1) is 0 Å². The van der Waals surface area contributed by atoms with Crippen LogP contribution in [0.3, 0.4) is 0 Å². The summed E-state index contributed by atoms with van der Waals surface area (Å²) < 4.78 is 0. The molecule has 0 atom stereocenters. The fraction of sp³-hybridized carbons (Fsp3) is 0.250. The Hall–Kier alpha value is -0.603. The summed E-state index contributed by atoms with van der Waals surface area (Å²) in [4.78, 5) is 0. The average molecular weight is 148 g/mol. The number of rotatable bonds is 2. The van der Waals surface area contributed by atoms with Crippen molar-refractivity contribution in [1.82, 2.24) is 5.32 Å². The Bertz CT molecular complexity index is 210. The Morgan fingerprint density at radius 2 is 2.10 bits per heavy atom. The zero-order valence-electron chi connectivity index (χ0n) is 6.02. The van der Waals surface area contributed by atoms with Gasteiger partial charge in [-0.3, -0.25) is 0 Å². The molecule has 0 aliphatic carbocycles. The molecule has 0 aromatic heterocycles. The van der Waals surface area contributed by atoms with Crippen LogP contribution in [0.15, 0.2) is 24.3 Å². The van der Waals surface area contributed by atoms with Crippen molar-refractivity contribution in [3.05, 3.63) is 29.8 Å². The molecule has 1 aromatic rings. The molecular formula is C8H10NSi. The standard InChI is InChI=1S/C8H10NSi/c1-9-6-7-4-2-3-5-8(7)10/h2-5,9H,6H2,1H3. The molecule has 51 valence electrons. The van der Waals surface area contributed by atoms with E-state index in [2.05, 4.69) is 21.6 Å². The molecule has 0 aliphatic rings. The van der Waals surface area contributed by atoms with E-state index in [1.165, 1.54) is 5.56 Å². The predicted molar refractivity (Wildman–Crippen MR) is 44.6 cm³/mol. The van der Waals surface area contributed by atoms with Gasteiger partial charge < -0.3 is 5.32 Å². The molecule has 0 aliphatic heterocycles. The van der Waals surface area contributed by atoms with E-state index in [9.17, 15) is 0 Å². The van der Waals surface area contributed by atoms with Crippen LogP contribution in [0, 0.1) is 0 Å². The molecular weight excluding hydrogens is 138 g/mol. The lowest BCUT2D eigenvalue weighted by Crippen LogP contribution is -2.15. The largest absolute Gasteiger partial charge is 0.316 e. The lowest BCUT2D eigenvalue weighted by Gasteiger charge is -2.02. The highest BCUT2D eigenvalue weighted by Crippen LogP contribution is 1.92. The van der Waals surface area contributed by atoms with Crippen LogP contribution in [0.1, 0.15) is 5.56 Å². The van der Waals surface area contributed by atoms with Crippen LogP contribution in [0.2, 0.25) is 0 Å². The fourth-order valence-corrected chi connectivity index (χ4v) is 1.13. The highest BCUT2D eigenvalue weighted by molar-refractivity contribution is 6.33. The molecule has 0 saturated carbocycles. The molecule has 1 aromatic carbocycles. The fourth-order valence-electron chi connectivity index (χ4n) is 0.865. The highest BCUT2D eigenvalue weighted by atomic mass is 28.1. The van der Waals surface area contributed by atoms with Crippen molar-refractivity contribution >= 4 is 15.4 Å². The summed E-state index contributed by atoms with van der Waals surface area (Å²) >= 11 is 0. The van der Waals surface area contributed by atoms with Gasteiger partial charge in [-0.05, 0) is 12.6 Å². The van der Waals surface area contributed by atoms with Crippen LogP contribution < -0.4 is 10.5 Å². The van der Waals surface area contributed by atoms with Gasteiger partial charge >= 0.3 is 0 Å². The Kier molecular flexibility index (Phi) is 2.65. The normalized spacial score (nSPS) is 9.80. The third kappa shape index (κ3) is 1.69. The number of hydrogen-bond acceptors (Lipinski definition) is 1. The molecule has 0 fully saturated rings. The van der Waals surface area contributed by atoms with E-state index in [0.29, 0.717) is 0 Å². The second kappa shape index (κ2) is 3.54. The molecule has 2 heteroatoms. The number of benzene rings is 1. The van der Waals surface area contributed by atoms with Crippen LogP contribution in [0.4, 0.5) is 0 Å². The maximum absolute atomic E-state index is 3.51. The molecule has 0 spiro atoms. The molecule has 1 N–H and O–H groups in total. The summed E-state index contributed by atoms with van der Waals surface area (Å²) in [5, 5.41) is 4.26. The van der Waals surface area contributed by atoms with Crippen molar-refractivity contribution in [2.45, 2.75) is 6.54 Å². The quantitative estimate of drug-likeness (QED) is 0.591. The maximum atomic E-state index is 3.51. The van der Waals surface area contributed by atoms with E-state index in [0.717, 1.165) is 11.7 Å². The first kappa shape index (κ1) is 7.50. The van der Waals surface area contributed by atoms with Gasteiger partial charge in [-0.1, -0.05) is 29.5 Å². The summed E-state index contributed by atoms with van der Waals surface area (Å²) in [6.45, 7) is 0.916. The minimum atomic E-state index is 0.916. The van der Waals surface area contributed by atoms with Crippen LogP contribution in [-0.4, -0.2) is 17.3 Å². The van der Waals surface area contributed by atoms with Crippen molar-refractivity contribution in [3.8, 4) is 0 Å². The van der Waals surface area contributed by atoms with E-state index in [1.54, 1.807) is 0 Å². The van der Waals surface area contributed by atoms with Crippen LogP contribution in [0.25, 0.3) is 0 Å².